The summed E-state index contributed by atoms with van der Waals surface area (Å²) < 4.78 is 53.8. The van der Waals surface area contributed by atoms with Crippen LogP contribution in [-0.4, -0.2) is 41.9 Å². The third-order valence-corrected chi connectivity index (χ3v) is 6.93. The lowest BCUT2D eigenvalue weighted by Crippen LogP contribution is -2.35. The first kappa shape index (κ1) is 30.1. The Morgan fingerprint density at radius 3 is 2.49 bits per heavy atom. The quantitative estimate of drug-likeness (QED) is 0.365. The zero-order valence-corrected chi connectivity index (χ0v) is 23.1. The fourth-order valence-corrected chi connectivity index (χ4v) is 4.73. The highest BCUT2D eigenvalue weighted by molar-refractivity contribution is 6.30. The molecule has 1 aliphatic heterocycles. The molecule has 2 heterocycles. The van der Waals surface area contributed by atoms with Crippen molar-refractivity contribution >= 4 is 29.1 Å². The lowest BCUT2D eigenvalue weighted by atomic mass is 9.91. The lowest BCUT2D eigenvalue weighted by molar-refractivity contribution is -0.181. The van der Waals surface area contributed by atoms with Gasteiger partial charge in [-0.1, -0.05) is 17.7 Å². The first-order valence-corrected chi connectivity index (χ1v) is 13.3. The number of rotatable bonds is 8. The summed E-state index contributed by atoms with van der Waals surface area (Å²) >= 11 is 6.17. The van der Waals surface area contributed by atoms with Crippen LogP contribution in [0.25, 0.3) is 11.1 Å². The lowest BCUT2D eigenvalue weighted by Gasteiger charge is -2.27. The number of pyridine rings is 1. The number of halogens is 4. The van der Waals surface area contributed by atoms with Crippen molar-refractivity contribution in [1.82, 2.24) is 4.57 Å². The molecule has 0 saturated carbocycles. The van der Waals surface area contributed by atoms with E-state index >= 15 is 0 Å². The van der Waals surface area contributed by atoms with Crippen molar-refractivity contribution in [1.29, 1.82) is 0 Å². The Hall–Kier alpha value is -3.83. The van der Waals surface area contributed by atoms with E-state index < -0.39 is 42.1 Å². The minimum absolute atomic E-state index is 0.00968. The average molecular weight is 592 g/mol. The normalized spacial score (nSPS) is 15.6. The van der Waals surface area contributed by atoms with E-state index in [0.717, 1.165) is 4.57 Å². The van der Waals surface area contributed by atoms with Crippen LogP contribution in [0.15, 0.2) is 59.5 Å². The number of fused-ring (bicyclic) bond motifs is 3. The SMILES string of the molecule is CC(C)OCCC(C(=O)Nc1ccc(C(N)=O)cc1)n1cc2c(cc1=O)-c1cc(Cl)ccc1CC(C(F)(F)F)CO2. The van der Waals surface area contributed by atoms with Gasteiger partial charge < -0.3 is 20.5 Å². The number of ether oxygens (including phenoxy) is 2. The Kier molecular flexibility index (Phi) is 9.08. The monoisotopic (exact) mass is 591 g/mol. The van der Waals surface area contributed by atoms with Gasteiger partial charge in [-0.25, -0.2) is 0 Å². The number of nitrogens with zero attached hydrogens (tertiary/aromatic N) is 1. The predicted octanol–water partition coefficient (Wildman–Crippen LogP) is 5.38. The van der Waals surface area contributed by atoms with E-state index in [2.05, 4.69) is 5.32 Å². The Bertz CT molecular complexity index is 1490. The van der Waals surface area contributed by atoms with Gasteiger partial charge in [0.25, 0.3) is 5.56 Å². The van der Waals surface area contributed by atoms with Gasteiger partial charge >= 0.3 is 6.18 Å². The van der Waals surface area contributed by atoms with Gasteiger partial charge in [0.1, 0.15) is 18.4 Å². The maximum absolute atomic E-state index is 13.8. The minimum atomic E-state index is -4.52. The van der Waals surface area contributed by atoms with Gasteiger partial charge in [0.15, 0.2) is 0 Å². The largest absolute Gasteiger partial charge is 0.491 e. The van der Waals surface area contributed by atoms with Crippen molar-refractivity contribution in [3.8, 4) is 16.9 Å². The molecule has 0 fully saturated rings. The topological polar surface area (TPSA) is 113 Å². The molecule has 0 radical (unpaired) electrons. The van der Waals surface area contributed by atoms with Crippen LogP contribution in [0.1, 0.15) is 42.2 Å². The number of carbonyl (C=O) groups excluding carboxylic acids is 2. The van der Waals surface area contributed by atoms with Crippen molar-refractivity contribution in [2.75, 3.05) is 18.5 Å². The third-order valence-electron chi connectivity index (χ3n) is 6.69. The van der Waals surface area contributed by atoms with E-state index in [1.54, 1.807) is 0 Å². The molecule has 1 aromatic heterocycles. The summed E-state index contributed by atoms with van der Waals surface area (Å²) in [4.78, 5) is 38.3. The van der Waals surface area contributed by atoms with Crippen LogP contribution in [-0.2, 0) is 16.0 Å². The number of aromatic nitrogens is 1. The van der Waals surface area contributed by atoms with Crippen molar-refractivity contribution in [2.45, 2.75) is 45.0 Å². The fraction of sp³-hybridized carbons (Fsp3) is 0.345. The highest BCUT2D eigenvalue weighted by atomic mass is 35.5. The molecular formula is C29H29ClF3N3O5. The first-order valence-electron chi connectivity index (χ1n) is 12.9. The second-order valence-electron chi connectivity index (χ2n) is 10.0. The predicted molar refractivity (Wildman–Crippen MR) is 148 cm³/mol. The molecule has 0 aliphatic carbocycles. The zero-order chi connectivity index (χ0) is 29.9. The number of amides is 2. The molecule has 1 aliphatic rings. The second kappa shape index (κ2) is 12.4. The number of hydrogen-bond donors (Lipinski definition) is 2. The molecular weight excluding hydrogens is 563 g/mol. The highest BCUT2D eigenvalue weighted by Crippen LogP contribution is 2.40. The smallest absolute Gasteiger partial charge is 0.395 e. The Labute approximate surface area is 239 Å². The number of alkyl halides is 3. The second-order valence-corrected chi connectivity index (χ2v) is 10.4. The van der Waals surface area contributed by atoms with Crippen LogP contribution in [0.3, 0.4) is 0 Å². The summed E-state index contributed by atoms with van der Waals surface area (Å²) in [5.41, 5.74) is 6.31. The molecule has 0 bridgehead atoms. The van der Waals surface area contributed by atoms with E-state index in [9.17, 15) is 27.6 Å². The van der Waals surface area contributed by atoms with E-state index in [1.807, 2.05) is 13.8 Å². The van der Waals surface area contributed by atoms with Crippen LogP contribution >= 0.6 is 11.6 Å². The van der Waals surface area contributed by atoms with E-state index in [0.29, 0.717) is 16.8 Å². The Morgan fingerprint density at radius 1 is 1.15 bits per heavy atom. The third kappa shape index (κ3) is 7.28. The summed E-state index contributed by atoms with van der Waals surface area (Å²) in [7, 11) is 0. The molecule has 218 valence electrons. The number of nitrogens with one attached hydrogen (secondary N) is 1. The van der Waals surface area contributed by atoms with Crippen molar-refractivity contribution in [3.63, 3.8) is 0 Å². The number of benzene rings is 2. The van der Waals surface area contributed by atoms with E-state index in [-0.39, 0.29) is 47.5 Å². The Balaban J connectivity index is 1.75. The summed E-state index contributed by atoms with van der Waals surface area (Å²) in [6.45, 7) is 3.09. The molecule has 41 heavy (non-hydrogen) atoms. The van der Waals surface area contributed by atoms with Gasteiger partial charge in [-0.05, 0) is 67.8 Å². The molecule has 2 unspecified atom stereocenters. The molecule has 2 atom stereocenters. The van der Waals surface area contributed by atoms with Gasteiger partial charge in [-0.2, -0.15) is 13.2 Å². The zero-order valence-electron chi connectivity index (χ0n) is 22.3. The summed E-state index contributed by atoms with van der Waals surface area (Å²) in [6.07, 6.45) is -3.67. The summed E-state index contributed by atoms with van der Waals surface area (Å²) in [5.74, 6) is -2.99. The Morgan fingerprint density at radius 2 is 1.85 bits per heavy atom. The standard InChI is InChI=1S/C29H29ClF3N3O5/c1-16(2)40-10-9-24(28(39)35-21-7-4-17(5-8-21)27(34)38)36-14-25-23(13-26(36)37)22-12-20(30)6-3-18(22)11-19(15-41-25)29(31,32)33/h3-8,12-14,16,19,24H,9-11,15H2,1-2H3,(H2,34,38)(H,35,39). The molecule has 12 heteroatoms. The maximum atomic E-state index is 13.8. The number of nitrogens with two attached hydrogens (primary N) is 1. The van der Waals surface area contributed by atoms with Crippen molar-refractivity contribution < 1.29 is 32.2 Å². The molecule has 3 aromatic rings. The molecule has 2 amide bonds. The number of carbonyl (C=O) groups is 2. The van der Waals surface area contributed by atoms with Crippen LogP contribution < -0.4 is 21.3 Å². The van der Waals surface area contributed by atoms with Gasteiger partial charge in [0.05, 0.1) is 18.2 Å². The van der Waals surface area contributed by atoms with Crippen LogP contribution in [0.4, 0.5) is 18.9 Å². The fourth-order valence-electron chi connectivity index (χ4n) is 4.56. The van der Waals surface area contributed by atoms with Gasteiger partial charge in [-0.15, -0.1) is 0 Å². The molecule has 4 rings (SSSR count). The van der Waals surface area contributed by atoms with E-state index in [4.69, 9.17) is 26.8 Å². The molecule has 0 spiro atoms. The molecule has 3 N–H and O–H groups in total. The summed E-state index contributed by atoms with van der Waals surface area (Å²) in [6, 6.07) is 10.5. The summed E-state index contributed by atoms with van der Waals surface area (Å²) in [5, 5.41) is 3.00. The van der Waals surface area contributed by atoms with Crippen molar-refractivity contribution in [2.24, 2.45) is 11.7 Å². The molecule has 2 aromatic carbocycles. The molecule has 8 nitrogen and oxygen atoms in total. The van der Waals surface area contributed by atoms with Crippen LogP contribution in [0, 0.1) is 5.92 Å². The van der Waals surface area contributed by atoms with Gasteiger partial charge in [0, 0.05) is 40.9 Å². The molecule has 0 saturated heterocycles. The highest BCUT2D eigenvalue weighted by Gasteiger charge is 2.41. The van der Waals surface area contributed by atoms with Crippen LogP contribution in [0.2, 0.25) is 5.02 Å². The first-order chi connectivity index (χ1) is 19.3. The average Bonchev–Trinajstić information content (AvgIpc) is 2.88. The van der Waals surface area contributed by atoms with Crippen LogP contribution in [0.5, 0.6) is 5.75 Å². The number of primary amides is 1. The van der Waals surface area contributed by atoms with E-state index in [1.165, 1.54) is 54.7 Å². The maximum Gasteiger partial charge on any atom is 0.395 e. The number of hydrogen-bond acceptors (Lipinski definition) is 5. The minimum Gasteiger partial charge on any atom is -0.491 e. The van der Waals surface area contributed by atoms with Gasteiger partial charge in [-0.3, -0.25) is 19.0 Å². The van der Waals surface area contributed by atoms with Gasteiger partial charge in [0.2, 0.25) is 11.8 Å². The van der Waals surface area contributed by atoms with Crippen molar-refractivity contribution in [3.05, 3.63) is 81.2 Å². The number of anilines is 1.